The molecule has 0 amide bonds. The number of rotatable bonds is 47. The van der Waals surface area contributed by atoms with Crippen LogP contribution in [0.4, 0.5) is 0 Å². The maximum Gasteiger partial charge on any atom is 0.306 e. The van der Waals surface area contributed by atoms with Crippen molar-refractivity contribution in [2.45, 2.75) is 232 Å². The van der Waals surface area contributed by atoms with Crippen LogP contribution in [0.5, 0.6) is 0 Å². The molecule has 0 aliphatic heterocycles. The molecule has 0 aromatic rings. The first-order valence-corrected chi connectivity index (χ1v) is 27.0. The predicted molar refractivity (Wildman–Crippen MR) is 288 cm³/mol. The van der Waals surface area contributed by atoms with Crippen LogP contribution < -0.4 is 0 Å². The van der Waals surface area contributed by atoms with Crippen LogP contribution in [0.15, 0.2) is 122 Å². The van der Waals surface area contributed by atoms with Gasteiger partial charge < -0.3 is 14.2 Å². The summed E-state index contributed by atoms with van der Waals surface area (Å²) in [6.07, 6.45) is 74.8. The van der Waals surface area contributed by atoms with Crippen LogP contribution >= 0.6 is 0 Å². The summed E-state index contributed by atoms with van der Waals surface area (Å²) in [7, 11) is 0. The normalized spacial score (nSPS) is 13.1. The molecule has 0 aromatic heterocycles. The number of ether oxygens (including phenoxy) is 3. The molecular formula is C61H98O6. The second kappa shape index (κ2) is 54.4. The minimum Gasteiger partial charge on any atom is -0.462 e. The van der Waals surface area contributed by atoms with E-state index in [0.717, 1.165) is 83.5 Å². The van der Waals surface area contributed by atoms with Gasteiger partial charge >= 0.3 is 17.9 Å². The average Bonchev–Trinajstić information content (AvgIpc) is 3.33. The van der Waals surface area contributed by atoms with Crippen molar-refractivity contribution in [1.29, 1.82) is 0 Å². The molecule has 0 heterocycles. The highest BCUT2D eigenvalue weighted by Gasteiger charge is 2.19. The maximum atomic E-state index is 12.8. The molecule has 0 saturated heterocycles. The summed E-state index contributed by atoms with van der Waals surface area (Å²) in [5.74, 6) is -1.07. The van der Waals surface area contributed by atoms with Gasteiger partial charge in [0.15, 0.2) is 6.10 Å². The Kier molecular flexibility index (Phi) is 51.0. The Morgan fingerprint density at radius 1 is 0.313 bits per heavy atom. The van der Waals surface area contributed by atoms with E-state index in [-0.39, 0.29) is 44.0 Å². The van der Waals surface area contributed by atoms with Crippen molar-refractivity contribution in [3.8, 4) is 0 Å². The molecule has 0 fully saturated rings. The average molecular weight is 927 g/mol. The van der Waals surface area contributed by atoms with Gasteiger partial charge in [0.05, 0.1) is 0 Å². The van der Waals surface area contributed by atoms with Crippen LogP contribution in [0.2, 0.25) is 0 Å². The van der Waals surface area contributed by atoms with E-state index in [1.54, 1.807) is 0 Å². The van der Waals surface area contributed by atoms with Gasteiger partial charge in [-0.3, -0.25) is 14.4 Å². The number of hydrogen-bond acceptors (Lipinski definition) is 6. The molecule has 1 atom stereocenters. The zero-order valence-corrected chi connectivity index (χ0v) is 43.1. The maximum absolute atomic E-state index is 12.8. The number of hydrogen-bond donors (Lipinski definition) is 0. The fourth-order valence-electron chi connectivity index (χ4n) is 6.93. The van der Waals surface area contributed by atoms with Crippen molar-refractivity contribution in [1.82, 2.24) is 0 Å². The summed E-state index contributed by atoms with van der Waals surface area (Å²) in [6.45, 7) is 6.37. The van der Waals surface area contributed by atoms with Gasteiger partial charge in [-0.25, -0.2) is 0 Å². The van der Waals surface area contributed by atoms with E-state index in [0.29, 0.717) is 19.3 Å². The predicted octanol–water partition coefficient (Wildman–Crippen LogP) is 18.1. The number of carbonyl (C=O) groups is 3. The first-order valence-electron chi connectivity index (χ1n) is 27.0. The number of unbranched alkanes of at least 4 members (excludes halogenated alkanes) is 16. The third-order valence-electron chi connectivity index (χ3n) is 11.0. The van der Waals surface area contributed by atoms with Crippen LogP contribution in [0.1, 0.15) is 226 Å². The van der Waals surface area contributed by atoms with Crippen LogP contribution in [-0.2, 0) is 28.6 Å². The zero-order valence-electron chi connectivity index (χ0n) is 43.1. The zero-order chi connectivity index (χ0) is 48.6. The molecular weight excluding hydrogens is 829 g/mol. The molecule has 0 aliphatic carbocycles. The second-order valence-corrected chi connectivity index (χ2v) is 17.4. The van der Waals surface area contributed by atoms with E-state index in [2.05, 4.69) is 130 Å². The molecule has 0 saturated carbocycles. The quantitative estimate of drug-likeness (QED) is 0.0262. The summed E-state index contributed by atoms with van der Waals surface area (Å²) in [4.78, 5) is 38.0. The molecule has 6 heteroatoms. The van der Waals surface area contributed by atoms with Crippen molar-refractivity contribution in [3.05, 3.63) is 122 Å². The van der Waals surface area contributed by atoms with Gasteiger partial charge in [-0.05, 0) is 96.3 Å². The van der Waals surface area contributed by atoms with Gasteiger partial charge in [0.2, 0.25) is 0 Å². The van der Waals surface area contributed by atoms with Gasteiger partial charge in [0.25, 0.3) is 0 Å². The second-order valence-electron chi connectivity index (χ2n) is 17.4. The third-order valence-corrected chi connectivity index (χ3v) is 11.0. The molecule has 0 radical (unpaired) electrons. The Labute approximate surface area is 412 Å². The molecule has 67 heavy (non-hydrogen) atoms. The van der Waals surface area contributed by atoms with Crippen molar-refractivity contribution in [2.24, 2.45) is 0 Å². The van der Waals surface area contributed by atoms with Crippen molar-refractivity contribution in [3.63, 3.8) is 0 Å². The van der Waals surface area contributed by atoms with Crippen molar-refractivity contribution >= 4 is 17.9 Å². The summed E-state index contributed by atoms with van der Waals surface area (Å²) < 4.78 is 16.7. The number of allylic oxidation sites excluding steroid dienone is 20. The highest BCUT2D eigenvalue weighted by molar-refractivity contribution is 5.71. The minimum atomic E-state index is -0.832. The van der Waals surface area contributed by atoms with E-state index in [1.165, 1.54) is 89.9 Å². The van der Waals surface area contributed by atoms with E-state index in [9.17, 15) is 14.4 Å². The Morgan fingerprint density at radius 2 is 0.627 bits per heavy atom. The molecule has 0 bridgehead atoms. The Bertz CT molecular complexity index is 1440. The number of esters is 3. The van der Waals surface area contributed by atoms with Gasteiger partial charge in [-0.15, -0.1) is 0 Å². The first-order chi connectivity index (χ1) is 33.0. The van der Waals surface area contributed by atoms with Gasteiger partial charge in [-0.2, -0.15) is 0 Å². The summed E-state index contributed by atoms with van der Waals surface area (Å²) >= 11 is 0. The van der Waals surface area contributed by atoms with Crippen molar-refractivity contribution < 1.29 is 28.6 Å². The summed E-state index contributed by atoms with van der Waals surface area (Å²) in [5, 5.41) is 0. The Hall–Kier alpha value is -4.19. The van der Waals surface area contributed by atoms with E-state index >= 15 is 0 Å². The van der Waals surface area contributed by atoms with Crippen molar-refractivity contribution in [2.75, 3.05) is 13.2 Å². The number of carbonyl (C=O) groups excluding carboxylic acids is 3. The highest BCUT2D eigenvalue weighted by Crippen LogP contribution is 2.14. The van der Waals surface area contributed by atoms with Gasteiger partial charge in [-0.1, -0.05) is 232 Å². The van der Waals surface area contributed by atoms with E-state index < -0.39 is 6.10 Å². The van der Waals surface area contributed by atoms with Crippen LogP contribution in [0.3, 0.4) is 0 Å². The van der Waals surface area contributed by atoms with Crippen LogP contribution in [0, 0.1) is 0 Å². The fraction of sp³-hybridized carbons (Fsp3) is 0.623. The molecule has 0 N–H and O–H groups in total. The minimum absolute atomic E-state index is 0.132. The van der Waals surface area contributed by atoms with Gasteiger partial charge in [0, 0.05) is 19.3 Å². The molecule has 378 valence electrons. The van der Waals surface area contributed by atoms with E-state index in [1.807, 2.05) is 12.2 Å². The highest BCUT2D eigenvalue weighted by atomic mass is 16.6. The van der Waals surface area contributed by atoms with Crippen LogP contribution in [-0.4, -0.2) is 37.2 Å². The first kappa shape index (κ1) is 62.8. The Balaban J connectivity index is 4.58. The molecule has 0 spiro atoms. The lowest BCUT2D eigenvalue weighted by molar-refractivity contribution is -0.166. The summed E-state index contributed by atoms with van der Waals surface area (Å²) in [6, 6.07) is 0. The SMILES string of the molecule is CC/C=C\C/C=C\C/C=C\C/C=C\C/C=C\CCCC(=O)OC[C@H](COC(=O)CC/C=C\C/C=C\C/C=C\C/C=C\C/C=C\CCCCC)OC(=O)CCCCCCCCCCCCCCC. The van der Waals surface area contributed by atoms with E-state index in [4.69, 9.17) is 14.2 Å². The smallest absolute Gasteiger partial charge is 0.306 e. The standard InChI is InChI=1S/C61H98O6/c1-4-7-10-13-16-19-22-25-27-29-30-32-34-37-39-42-45-48-51-54-60(63)66-57-58(67-61(64)55-52-49-46-43-40-35-24-21-18-15-12-9-6-3)56-65-59(62)53-50-47-44-41-38-36-33-31-28-26-23-20-17-14-11-8-5-2/h8,11,16-17,19-20,25-28,30,32-33,36-37,39,41,44-45,48,58H,4-7,9-10,12-15,18,21-24,29,31,34-35,38,40,42-43,46-47,49-57H2,1-3H3/b11-8-,19-16-,20-17-,27-25-,28-26-,32-30-,36-33-,39-37-,44-41-,48-45-/t58-/m1/s1. The summed E-state index contributed by atoms with van der Waals surface area (Å²) in [5.41, 5.74) is 0. The third kappa shape index (κ3) is 52.6. The molecule has 0 aromatic carbocycles. The molecule has 0 aliphatic rings. The van der Waals surface area contributed by atoms with Gasteiger partial charge in [0.1, 0.15) is 13.2 Å². The monoisotopic (exact) mass is 927 g/mol. The lowest BCUT2D eigenvalue weighted by Gasteiger charge is -2.18. The lowest BCUT2D eigenvalue weighted by Crippen LogP contribution is -2.30. The molecule has 6 nitrogen and oxygen atoms in total. The Morgan fingerprint density at radius 3 is 1.04 bits per heavy atom. The molecule has 0 unspecified atom stereocenters. The molecule has 0 rings (SSSR count). The largest absolute Gasteiger partial charge is 0.462 e. The lowest BCUT2D eigenvalue weighted by atomic mass is 10.0. The topological polar surface area (TPSA) is 78.9 Å². The fourth-order valence-corrected chi connectivity index (χ4v) is 6.93. The van der Waals surface area contributed by atoms with Crippen LogP contribution in [0.25, 0.3) is 0 Å².